The highest BCUT2D eigenvalue weighted by Gasteiger charge is 1.88. The van der Waals surface area contributed by atoms with Crippen LogP contribution >= 0.6 is 12.1 Å². The summed E-state index contributed by atoms with van der Waals surface area (Å²) in [4.78, 5) is 3.65. The zero-order valence-corrected chi connectivity index (χ0v) is 5.40. The highest BCUT2D eigenvalue weighted by molar-refractivity contribution is 7.95. The first-order valence-electron chi connectivity index (χ1n) is 2.03. The van der Waals surface area contributed by atoms with E-state index < -0.39 is 0 Å². The Morgan fingerprint density at radius 1 is 2.00 bits per heavy atom. The number of aliphatic hydroxyl groups excluding tert-OH is 1. The largest absolute Gasteiger partial charge is 0.388 e. The van der Waals surface area contributed by atoms with Crippen LogP contribution in [0.2, 0.25) is 0 Å². The molecule has 0 rings (SSSR count). The maximum atomic E-state index is 8.39. The molecular formula is C3H9N3OS. The van der Waals surface area contributed by atoms with Gasteiger partial charge in [-0.3, -0.25) is 10.1 Å². The summed E-state index contributed by atoms with van der Waals surface area (Å²) in [5, 5.41) is 13.4. The van der Waals surface area contributed by atoms with E-state index in [1.165, 1.54) is 0 Å². The zero-order valence-electron chi connectivity index (χ0n) is 4.59. The van der Waals surface area contributed by atoms with Crippen molar-refractivity contribution in [2.24, 2.45) is 10.1 Å². The smallest absolute Gasteiger partial charge is 0.133 e. The number of nitrogens with two attached hydrogens (primary N) is 1. The summed E-state index contributed by atoms with van der Waals surface area (Å²) in [7, 11) is 1.58. The third-order valence-corrected chi connectivity index (χ3v) is 0.950. The Morgan fingerprint density at radius 2 is 2.62 bits per heavy atom. The average molecular weight is 135 g/mol. The predicted octanol–water partition coefficient (Wildman–Crippen LogP) is -0.882. The fourth-order valence-electron chi connectivity index (χ4n) is 0.217. The van der Waals surface area contributed by atoms with E-state index in [-0.39, 0.29) is 6.61 Å². The van der Waals surface area contributed by atoms with E-state index in [9.17, 15) is 0 Å². The highest BCUT2D eigenvalue weighted by atomic mass is 32.2. The summed E-state index contributed by atoms with van der Waals surface area (Å²) in [6.07, 6.45) is 0. The molecule has 0 unspecified atom stereocenters. The van der Waals surface area contributed by atoms with Crippen LogP contribution in [0.4, 0.5) is 0 Å². The molecule has 0 aliphatic carbocycles. The number of aliphatic imine (C=N–C) groups is 1. The second-order valence-corrected chi connectivity index (χ2v) is 1.49. The van der Waals surface area contributed by atoms with E-state index in [4.69, 9.17) is 10.2 Å². The molecule has 4 N–H and O–H groups in total. The van der Waals surface area contributed by atoms with Crippen LogP contribution in [0.25, 0.3) is 0 Å². The Morgan fingerprint density at radius 3 is 2.75 bits per heavy atom. The van der Waals surface area contributed by atoms with Gasteiger partial charge in [-0.25, -0.2) is 0 Å². The van der Waals surface area contributed by atoms with Gasteiger partial charge in [-0.1, -0.05) is 0 Å². The first-order valence-corrected chi connectivity index (χ1v) is 2.91. The minimum absolute atomic E-state index is 0.0965. The van der Waals surface area contributed by atoms with Crippen molar-refractivity contribution in [1.29, 1.82) is 0 Å². The molecule has 8 heavy (non-hydrogen) atoms. The van der Waals surface area contributed by atoms with Crippen molar-refractivity contribution in [2.75, 3.05) is 13.7 Å². The van der Waals surface area contributed by atoms with Crippen molar-refractivity contribution >= 4 is 18.0 Å². The summed E-state index contributed by atoms with van der Waals surface area (Å²) >= 11 is 0.918. The van der Waals surface area contributed by atoms with Gasteiger partial charge in [0.15, 0.2) is 0 Å². The van der Waals surface area contributed by atoms with Gasteiger partial charge in [0, 0.05) is 19.2 Å². The van der Waals surface area contributed by atoms with Crippen LogP contribution in [0.1, 0.15) is 0 Å². The summed E-state index contributed by atoms with van der Waals surface area (Å²) in [5.41, 5.74) is 0. The standard InChI is InChI=1S/C3H9N3OS/c1-5-3(2-7)6-8-4/h7H,2,4H2,1H3,(H,5,6). The lowest BCUT2D eigenvalue weighted by molar-refractivity contribution is 0.355. The van der Waals surface area contributed by atoms with Crippen molar-refractivity contribution in [1.82, 2.24) is 4.72 Å². The summed E-state index contributed by atoms with van der Waals surface area (Å²) in [5.74, 6) is 0.484. The molecule has 0 aliphatic heterocycles. The molecule has 0 spiro atoms. The highest BCUT2D eigenvalue weighted by Crippen LogP contribution is 1.76. The Labute approximate surface area is 52.4 Å². The van der Waals surface area contributed by atoms with Gasteiger partial charge in [0.2, 0.25) is 0 Å². The molecule has 0 saturated heterocycles. The minimum atomic E-state index is -0.0965. The monoisotopic (exact) mass is 135 g/mol. The Hall–Kier alpha value is -0.260. The molecule has 4 nitrogen and oxygen atoms in total. The number of amidine groups is 1. The van der Waals surface area contributed by atoms with Gasteiger partial charge >= 0.3 is 0 Å². The second kappa shape index (κ2) is 4.89. The molecule has 0 aromatic rings. The van der Waals surface area contributed by atoms with E-state index in [1.807, 2.05) is 0 Å². The van der Waals surface area contributed by atoms with Crippen molar-refractivity contribution in [3.05, 3.63) is 0 Å². The fourth-order valence-corrected chi connectivity index (χ4v) is 0.509. The molecule has 0 aliphatic rings. The lowest BCUT2D eigenvalue weighted by atomic mass is 10.7. The summed E-state index contributed by atoms with van der Waals surface area (Å²) in [6.45, 7) is -0.0965. The first-order chi connectivity index (χ1) is 3.85. The maximum Gasteiger partial charge on any atom is 0.133 e. The topological polar surface area (TPSA) is 70.6 Å². The number of aliphatic hydroxyl groups is 1. The molecule has 0 amide bonds. The van der Waals surface area contributed by atoms with Crippen LogP contribution in [0.5, 0.6) is 0 Å². The third-order valence-electron chi connectivity index (χ3n) is 0.596. The number of hydrogen-bond acceptors (Lipinski definition) is 4. The number of rotatable bonds is 2. The van der Waals surface area contributed by atoms with Gasteiger partial charge in [-0.05, 0) is 0 Å². The van der Waals surface area contributed by atoms with Gasteiger partial charge in [0.25, 0.3) is 0 Å². The minimum Gasteiger partial charge on any atom is -0.388 e. The van der Waals surface area contributed by atoms with E-state index in [1.54, 1.807) is 7.05 Å². The molecule has 48 valence electrons. The van der Waals surface area contributed by atoms with Crippen LogP contribution < -0.4 is 9.86 Å². The van der Waals surface area contributed by atoms with Crippen molar-refractivity contribution in [2.45, 2.75) is 0 Å². The SMILES string of the molecule is CN=C(CO)NSN. The molecular weight excluding hydrogens is 126 g/mol. The molecule has 0 aromatic heterocycles. The van der Waals surface area contributed by atoms with Gasteiger partial charge in [-0.2, -0.15) is 0 Å². The number of nitrogens with one attached hydrogen (secondary N) is 1. The van der Waals surface area contributed by atoms with Crippen molar-refractivity contribution < 1.29 is 5.11 Å². The molecule has 0 radical (unpaired) electrons. The van der Waals surface area contributed by atoms with Crippen molar-refractivity contribution in [3.8, 4) is 0 Å². The number of nitrogens with zero attached hydrogens (tertiary/aromatic N) is 1. The van der Waals surface area contributed by atoms with E-state index in [0.29, 0.717) is 5.84 Å². The lowest BCUT2D eigenvalue weighted by Gasteiger charge is -1.98. The first kappa shape index (κ1) is 7.74. The van der Waals surface area contributed by atoms with Gasteiger partial charge in [0.1, 0.15) is 12.4 Å². The van der Waals surface area contributed by atoms with E-state index >= 15 is 0 Å². The third kappa shape index (κ3) is 2.84. The molecule has 0 saturated carbocycles. The van der Waals surface area contributed by atoms with Gasteiger partial charge in [0.05, 0.1) is 0 Å². The maximum absolute atomic E-state index is 8.39. The number of hydrogen-bond donors (Lipinski definition) is 3. The molecule has 5 heteroatoms. The zero-order chi connectivity index (χ0) is 6.41. The molecule has 0 heterocycles. The Balaban J connectivity index is 3.38. The normalized spacial score (nSPS) is 11.6. The van der Waals surface area contributed by atoms with Crippen LogP contribution in [0.3, 0.4) is 0 Å². The van der Waals surface area contributed by atoms with E-state index in [2.05, 4.69) is 9.71 Å². The van der Waals surface area contributed by atoms with Gasteiger partial charge in [-0.15, -0.1) is 0 Å². The van der Waals surface area contributed by atoms with Crippen LogP contribution in [0.15, 0.2) is 4.99 Å². The quantitative estimate of drug-likeness (QED) is 0.261. The second-order valence-electron chi connectivity index (χ2n) is 1.05. The van der Waals surface area contributed by atoms with Crippen LogP contribution in [0, 0.1) is 0 Å². The van der Waals surface area contributed by atoms with Crippen molar-refractivity contribution in [3.63, 3.8) is 0 Å². The average Bonchev–Trinajstić information content (AvgIpc) is 1.83. The Kier molecular flexibility index (Phi) is 4.73. The molecule has 0 aromatic carbocycles. The van der Waals surface area contributed by atoms with Crippen LogP contribution in [-0.2, 0) is 0 Å². The fraction of sp³-hybridized carbons (Fsp3) is 0.667. The summed E-state index contributed by atoms with van der Waals surface area (Å²) < 4.78 is 2.58. The molecule has 0 atom stereocenters. The predicted molar refractivity (Wildman–Crippen MR) is 35.4 cm³/mol. The lowest BCUT2D eigenvalue weighted by Crippen LogP contribution is -2.21. The van der Waals surface area contributed by atoms with Crippen LogP contribution in [-0.4, -0.2) is 24.6 Å². The van der Waals surface area contributed by atoms with Gasteiger partial charge < -0.3 is 9.83 Å². The van der Waals surface area contributed by atoms with E-state index in [0.717, 1.165) is 12.1 Å². The summed E-state index contributed by atoms with van der Waals surface area (Å²) in [6, 6.07) is 0. The Bertz CT molecular complexity index is 84.6. The molecule has 0 fully saturated rings. The molecule has 0 bridgehead atoms.